The van der Waals surface area contributed by atoms with Crippen LogP contribution in [0, 0.1) is 0 Å². The van der Waals surface area contributed by atoms with E-state index in [1.807, 2.05) is 0 Å². The van der Waals surface area contributed by atoms with Crippen LogP contribution in [0.4, 0.5) is 0 Å². The van der Waals surface area contributed by atoms with Crippen LogP contribution in [0.1, 0.15) is 31.2 Å². The summed E-state index contributed by atoms with van der Waals surface area (Å²) in [7, 11) is 0. The number of furan rings is 1. The Morgan fingerprint density at radius 2 is 2.03 bits per heavy atom. The molecule has 1 aliphatic heterocycles. The van der Waals surface area contributed by atoms with Gasteiger partial charge in [0.1, 0.15) is 5.76 Å². The molecular formula is C25H18BrClN4O4S2. The summed E-state index contributed by atoms with van der Waals surface area (Å²) in [5.41, 5.74) is 1.22. The molecule has 0 aliphatic carbocycles. The van der Waals surface area contributed by atoms with Gasteiger partial charge in [0.25, 0.3) is 5.56 Å². The number of esters is 1. The first-order valence-corrected chi connectivity index (χ1v) is 13.9. The minimum Gasteiger partial charge on any atom is -0.463 e. The summed E-state index contributed by atoms with van der Waals surface area (Å²) in [6, 6.07) is 9.83. The average Bonchev–Trinajstić information content (AvgIpc) is 3.37. The molecule has 1 aliphatic rings. The van der Waals surface area contributed by atoms with Crippen molar-refractivity contribution >= 4 is 62.7 Å². The van der Waals surface area contributed by atoms with Crippen molar-refractivity contribution in [2.24, 2.45) is 4.99 Å². The maximum atomic E-state index is 13.7. The van der Waals surface area contributed by atoms with E-state index in [1.54, 1.807) is 68.7 Å². The van der Waals surface area contributed by atoms with Crippen molar-refractivity contribution in [1.82, 2.24) is 14.5 Å². The van der Waals surface area contributed by atoms with Crippen molar-refractivity contribution in [3.8, 4) is 0 Å². The van der Waals surface area contributed by atoms with E-state index < -0.39 is 12.0 Å². The lowest BCUT2D eigenvalue weighted by molar-refractivity contribution is -0.139. The highest BCUT2D eigenvalue weighted by molar-refractivity contribution is 9.10. The summed E-state index contributed by atoms with van der Waals surface area (Å²) in [5.74, 6) is -0.0438. The first-order chi connectivity index (χ1) is 17.9. The molecule has 0 radical (unpaired) electrons. The molecule has 1 aromatic carbocycles. The Bertz CT molecular complexity index is 1700. The number of aromatic nitrogens is 3. The molecule has 0 N–H and O–H groups in total. The van der Waals surface area contributed by atoms with Gasteiger partial charge in [0.2, 0.25) is 0 Å². The Hall–Kier alpha value is -2.99. The van der Waals surface area contributed by atoms with Crippen LogP contribution in [0.25, 0.3) is 6.08 Å². The third-order valence-electron chi connectivity index (χ3n) is 5.38. The fourth-order valence-electron chi connectivity index (χ4n) is 3.81. The fourth-order valence-corrected chi connectivity index (χ4v) is 6.20. The second kappa shape index (κ2) is 10.8. The molecule has 8 nitrogen and oxygen atoms in total. The van der Waals surface area contributed by atoms with Gasteiger partial charge < -0.3 is 9.15 Å². The van der Waals surface area contributed by atoms with Gasteiger partial charge in [-0.3, -0.25) is 9.36 Å². The number of rotatable bonds is 6. The SMILES string of the molecule is CCOC(=O)C1=C(C)N=c2s/c(=C/c3cc(Br)c(Sc4ncccn4)o3)c(=O)n2[C@@H]1c1ccc(Cl)cc1. The molecule has 0 amide bonds. The third-order valence-corrected chi connectivity index (χ3v) is 8.35. The number of nitrogens with zero attached hydrogens (tertiary/aromatic N) is 4. The van der Waals surface area contributed by atoms with Crippen molar-refractivity contribution in [2.45, 2.75) is 30.1 Å². The molecule has 12 heteroatoms. The number of benzene rings is 1. The van der Waals surface area contributed by atoms with Crippen molar-refractivity contribution in [2.75, 3.05) is 6.61 Å². The lowest BCUT2D eigenvalue weighted by Crippen LogP contribution is -2.39. The summed E-state index contributed by atoms with van der Waals surface area (Å²) < 4.78 is 13.9. The number of hydrogen-bond acceptors (Lipinski definition) is 9. The van der Waals surface area contributed by atoms with Gasteiger partial charge in [-0.2, -0.15) is 0 Å². The fraction of sp³-hybridized carbons (Fsp3) is 0.160. The Balaban J connectivity index is 1.61. The maximum absolute atomic E-state index is 13.7. The first-order valence-electron chi connectivity index (χ1n) is 11.0. The zero-order chi connectivity index (χ0) is 26.1. The zero-order valence-corrected chi connectivity index (χ0v) is 23.4. The van der Waals surface area contributed by atoms with Crippen LogP contribution >= 0.6 is 50.6 Å². The van der Waals surface area contributed by atoms with Crippen LogP contribution in [-0.2, 0) is 9.53 Å². The molecule has 0 saturated heterocycles. The normalized spacial score (nSPS) is 15.5. The lowest BCUT2D eigenvalue weighted by atomic mass is 9.96. The number of allylic oxidation sites excluding steroid dienone is 1. The molecule has 1 atom stereocenters. The van der Waals surface area contributed by atoms with Crippen LogP contribution in [0.5, 0.6) is 0 Å². The average molecular weight is 618 g/mol. The molecule has 0 fully saturated rings. The molecular weight excluding hydrogens is 600 g/mol. The minimum atomic E-state index is -0.709. The predicted octanol–water partition coefficient (Wildman–Crippen LogP) is 4.75. The molecule has 3 aromatic heterocycles. The van der Waals surface area contributed by atoms with Crippen molar-refractivity contribution in [1.29, 1.82) is 0 Å². The third kappa shape index (κ3) is 5.22. The van der Waals surface area contributed by atoms with Crippen LogP contribution in [0.15, 0.2) is 89.0 Å². The van der Waals surface area contributed by atoms with E-state index in [1.165, 1.54) is 27.7 Å². The predicted molar refractivity (Wildman–Crippen MR) is 144 cm³/mol. The Morgan fingerprint density at radius 3 is 2.73 bits per heavy atom. The number of carbonyl (C=O) groups excluding carboxylic acids is 1. The summed E-state index contributed by atoms with van der Waals surface area (Å²) in [5, 5.41) is 1.64. The first kappa shape index (κ1) is 25.7. The van der Waals surface area contributed by atoms with Crippen LogP contribution in [-0.4, -0.2) is 27.1 Å². The van der Waals surface area contributed by atoms with Gasteiger partial charge in [-0.1, -0.05) is 35.1 Å². The number of thiazole rings is 1. The Morgan fingerprint density at radius 1 is 1.30 bits per heavy atom. The van der Waals surface area contributed by atoms with E-state index in [2.05, 4.69) is 30.9 Å². The molecule has 0 unspecified atom stereocenters. The van der Waals surface area contributed by atoms with E-state index >= 15 is 0 Å². The van der Waals surface area contributed by atoms with E-state index in [0.29, 0.717) is 46.1 Å². The minimum absolute atomic E-state index is 0.203. The van der Waals surface area contributed by atoms with Crippen molar-refractivity contribution in [3.05, 3.63) is 101 Å². The highest BCUT2D eigenvalue weighted by atomic mass is 79.9. The standard InChI is InChI=1S/C25H18BrClN4O4S2/c1-3-34-22(33)19-13(2)30-25-31(20(19)14-5-7-15(27)8-6-14)21(32)18(36-25)12-16-11-17(26)23(35-16)37-24-28-9-4-10-29-24/h4-12,20H,3H2,1-2H3/b18-12+/t20-/m1/s1. The largest absolute Gasteiger partial charge is 0.463 e. The maximum Gasteiger partial charge on any atom is 0.338 e. The van der Waals surface area contributed by atoms with Gasteiger partial charge in [0.15, 0.2) is 15.1 Å². The van der Waals surface area contributed by atoms with E-state index in [0.717, 1.165) is 5.56 Å². The summed E-state index contributed by atoms with van der Waals surface area (Å²) in [6.07, 6.45) is 4.96. The monoisotopic (exact) mass is 616 g/mol. The van der Waals surface area contributed by atoms with E-state index in [4.69, 9.17) is 20.8 Å². The number of halogens is 2. The smallest absolute Gasteiger partial charge is 0.338 e. The zero-order valence-electron chi connectivity index (χ0n) is 19.5. The number of hydrogen-bond donors (Lipinski definition) is 0. The molecule has 0 saturated carbocycles. The molecule has 4 aromatic rings. The Kier molecular flexibility index (Phi) is 7.47. The van der Waals surface area contributed by atoms with Crippen molar-refractivity contribution < 1.29 is 13.9 Å². The highest BCUT2D eigenvalue weighted by Crippen LogP contribution is 2.34. The van der Waals surface area contributed by atoms with Gasteiger partial charge >= 0.3 is 5.97 Å². The quantitative estimate of drug-likeness (QED) is 0.227. The molecule has 37 heavy (non-hydrogen) atoms. The van der Waals surface area contributed by atoms with Gasteiger partial charge in [-0.15, -0.1) is 0 Å². The molecule has 188 valence electrons. The van der Waals surface area contributed by atoms with Gasteiger partial charge in [-0.05, 0) is 71.4 Å². The second-order valence-electron chi connectivity index (χ2n) is 7.77. The molecule has 5 rings (SSSR count). The molecule has 0 bridgehead atoms. The van der Waals surface area contributed by atoms with Crippen LogP contribution in [0.2, 0.25) is 5.02 Å². The van der Waals surface area contributed by atoms with Crippen LogP contribution < -0.4 is 14.9 Å². The summed E-state index contributed by atoms with van der Waals surface area (Å²) in [4.78, 5) is 40.1. The number of ether oxygens (including phenoxy) is 1. The number of carbonyl (C=O) groups is 1. The second-order valence-corrected chi connectivity index (χ2v) is 11.0. The van der Waals surface area contributed by atoms with E-state index in [9.17, 15) is 9.59 Å². The molecule has 4 heterocycles. The van der Waals surface area contributed by atoms with Crippen LogP contribution in [0.3, 0.4) is 0 Å². The van der Waals surface area contributed by atoms with Gasteiger partial charge in [0.05, 0.1) is 32.9 Å². The molecule has 0 spiro atoms. The Labute approximate surface area is 232 Å². The lowest BCUT2D eigenvalue weighted by Gasteiger charge is -2.24. The van der Waals surface area contributed by atoms with Gasteiger partial charge in [-0.25, -0.2) is 19.8 Å². The van der Waals surface area contributed by atoms with Gasteiger partial charge in [0, 0.05) is 23.5 Å². The highest BCUT2D eigenvalue weighted by Gasteiger charge is 2.33. The summed E-state index contributed by atoms with van der Waals surface area (Å²) in [6.45, 7) is 3.68. The van der Waals surface area contributed by atoms with Crippen molar-refractivity contribution in [3.63, 3.8) is 0 Å². The van der Waals surface area contributed by atoms with E-state index in [-0.39, 0.29) is 12.2 Å². The number of fused-ring (bicyclic) bond motifs is 1. The topological polar surface area (TPSA) is 99.6 Å². The summed E-state index contributed by atoms with van der Waals surface area (Å²) >= 11 is 12.1.